The van der Waals surface area contributed by atoms with Crippen LogP contribution >= 0.6 is 15.9 Å². The lowest BCUT2D eigenvalue weighted by atomic mass is 10.2. The maximum Gasteiger partial charge on any atom is 0.174 e. The smallest absolute Gasteiger partial charge is 0.174 e. The van der Waals surface area contributed by atoms with Gasteiger partial charge in [0.25, 0.3) is 0 Å². The number of nitrogens with one attached hydrogen (secondary N) is 1. The lowest BCUT2D eigenvalue weighted by molar-refractivity contribution is 0.199. The van der Waals surface area contributed by atoms with Crippen molar-refractivity contribution in [3.63, 3.8) is 0 Å². The monoisotopic (exact) mass is 340 g/mol. The van der Waals surface area contributed by atoms with Crippen LogP contribution in [0.1, 0.15) is 11.3 Å². The number of rotatable bonds is 8. The van der Waals surface area contributed by atoms with Crippen LogP contribution in [0.15, 0.2) is 39.5 Å². The molecule has 0 radical (unpaired) electrons. The molecular weight excluding hydrogens is 324 g/mol. The van der Waals surface area contributed by atoms with Gasteiger partial charge in [-0.3, -0.25) is 0 Å². The van der Waals surface area contributed by atoms with E-state index in [1.54, 1.807) is 19.4 Å². The summed E-state index contributed by atoms with van der Waals surface area (Å²) in [4.78, 5) is 0. The van der Waals surface area contributed by atoms with E-state index in [1.807, 2.05) is 18.2 Å². The van der Waals surface area contributed by atoms with Crippen LogP contribution in [0.4, 0.5) is 0 Å². The molecule has 0 atom stereocenters. The second-order valence-corrected chi connectivity index (χ2v) is 5.06. The molecule has 1 N–H and O–H groups in total. The summed E-state index contributed by atoms with van der Waals surface area (Å²) in [6, 6.07) is 7.78. The van der Waals surface area contributed by atoms with Gasteiger partial charge in [0.1, 0.15) is 12.4 Å². The van der Waals surface area contributed by atoms with Crippen LogP contribution in [-0.4, -0.2) is 25.4 Å². The molecule has 0 fully saturated rings. The molecule has 1 aromatic carbocycles. The summed E-state index contributed by atoms with van der Waals surface area (Å²) in [5, 5.41) is 6.93. The molecule has 0 saturated heterocycles. The van der Waals surface area contributed by atoms with Crippen LogP contribution in [0.5, 0.6) is 5.75 Å². The van der Waals surface area contributed by atoms with Crippen LogP contribution in [0, 0.1) is 0 Å². The largest absolute Gasteiger partial charge is 0.484 e. The number of hydrogen-bond acceptors (Lipinski definition) is 5. The zero-order valence-corrected chi connectivity index (χ0v) is 12.9. The highest BCUT2D eigenvalue weighted by Crippen LogP contribution is 2.26. The van der Waals surface area contributed by atoms with E-state index in [9.17, 15) is 0 Å². The Bertz CT molecular complexity index is 517. The van der Waals surface area contributed by atoms with Gasteiger partial charge in [-0.1, -0.05) is 11.2 Å². The molecule has 2 rings (SSSR count). The Morgan fingerprint density at radius 1 is 1.35 bits per heavy atom. The second-order valence-electron chi connectivity index (χ2n) is 4.20. The Balaban J connectivity index is 1.85. The van der Waals surface area contributed by atoms with Gasteiger partial charge in [0, 0.05) is 26.3 Å². The highest BCUT2D eigenvalue weighted by molar-refractivity contribution is 9.10. The van der Waals surface area contributed by atoms with Gasteiger partial charge in [-0.15, -0.1) is 0 Å². The molecule has 20 heavy (non-hydrogen) atoms. The second kappa shape index (κ2) is 8.04. The Kier molecular flexibility index (Phi) is 6.04. The molecule has 6 heteroatoms. The van der Waals surface area contributed by atoms with Gasteiger partial charge in [-0.05, 0) is 33.6 Å². The number of aromatic nitrogens is 1. The summed E-state index contributed by atoms with van der Waals surface area (Å²) in [5.74, 6) is 1.48. The summed E-state index contributed by atoms with van der Waals surface area (Å²) >= 11 is 3.51. The van der Waals surface area contributed by atoms with E-state index in [2.05, 4.69) is 26.4 Å². The topological polar surface area (TPSA) is 56.5 Å². The minimum Gasteiger partial charge on any atom is -0.484 e. The summed E-state index contributed by atoms with van der Waals surface area (Å²) in [7, 11) is 1.69. The molecule has 1 heterocycles. The Morgan fingerprint density at radius 2 is 2.25 bits per heavy atom. The number of benzene rings is 1. The van der Waals surface area contributed by atoms with E-state index in [4.69, 9.17) is 14.0 Å². The number of halogens is 1. The van der Waals surface area contributed by atoms with E-state index in [0.29, 0.717) is 19.0 Å². The fourth-order valence-electron chi connectivity index (χ4n) is 1.64. The van der Waals surface area contributed by atoms with E-state index >= 15 is 0 Å². The van der Waals surface area contributed by atoms with Crippen molar-refractivity contribution in [1.29, 1.82) is 0 Å². The number of hydrogen-bond donors (Lipinski definition) is 1. The molecule has 0 aliphatic rings. The first-order valence-electron chi connectivity index (χ1n) is 6.30. The third-order valence-corrected chi connectivity index (χ3v) is 3.29. The van der Waals surface area contributed by atoms with Crippen LogP contribution in [0.2, 0.25) is 0 Å². The molecule has 0 bridgehead atoms. The number of methoxy groups -OCH3 is 1. The highest BCUT2D eigenvalue weighted by atomic mass is 79.9. The third kappa shape index (κ3) is 4.63. The van der Waals surface area contributed by atoms with Gasteiger partial charge < -0.3 is 19.3 Å². The molecule has 2 aromatic rings. The van der Waals surface area contributed by atoms with Crippen molar-refractivity contribution in [3.05, 3.63) is 46.3 Å². The molecule has 0 saturated carbocycles. The summed E-state index contributed by atoms with van der Waals surface area (Å²) in [6.45, 7) is 2.70. The quantitative estimate of drug-likeness (QED) is 0.749. The predicted molar refractivity (Wildman–Crippen MR) is 78.6 cm³/mol. The first-order valence-corrected chi connectivity index (χ1v) is 7.09. The maximum absolute atomic E-state index is 5.66. The molecule has 0 amide bonds. The van der Waals surface area contributed by atoms with Crippen LogP contribution in [-0.2, 0) is 17.9 Å². The Hall–Kier alpha value is -1.37. The van der Waals surface area contributed by atoms with Crippen molar-refractivity contribution in [1.82, 2.24) is 10.5 Å². The Morgan fingerprint density at radius 3 is 2.95 bits per heavy atom. The lowest BCUT2D eigenvalue weighted by Crippen LogP contribution is -2.18. The molecule has 0 aliphatic heterocycles. The van der Waals surface area contributed by atoms with Crippen LogP contribution < -0.4 is 10.1 Å². The third-order valence-electron chi connectivity index (χ3n) is 2.67. The SMILES string of the molecule is COCCNCc1ccc(OCc2ccno2)c(Br)c1. The lowest BCUT2D eigenvalue weighted by Gasteiger charge is -2.09. The molecule has 0 aliphatic carbocycles. The Labute approximate surface area is 126 Å². The number of ether oxygens (including phenoxy) is 2. The van der Waals surface area contributed by atoms with Gasteiger partial charge in [0.15, 0.2) is 5.76 Å². The van der Waals surface area contributed by atoms with Crippen molar-refractivity contribution in [2.75, 3.05) is 20.3 Å². The average molecular weight is 341 g/mol. The minimum atomic E-state index is 0.365. The fraction of sp³-hybridized carbons (Fsp3) is 0.357. The molecule has 0 spiro atoms. The number of nitrogens with zero attached hydrogens (tertiary/aromatic N) is 1. The summed E-state index contributed by atoms with van der Waals surface area (Å²) in [5.41, 5.74) is 1.18. The van der Waals surface area contributed by atoms with Crippen molar-refractivity contribution in [3.8, 4) is 5.75 Å². The van der Waals surface area contributed by atoms with Gasteiger partial charge in [-0.2, -0.15) is 0 Å². The standard InChI is InChI=1S/C14H17BrN2O3/c1-18-7-6-16-9-11-2-3-14(13(15)8-11)19-10-12-4-5-17-20-12/h2-5,8,16H,6-7,9-10H2,1H3. The average Bonchev–Trinajstić information content (AvgIpc) is 2.96. The molecule has 1 aromatic heterocycles. The normalized spacial score (nSPS) is 10.7. The van der Waals surface area contributed by atoms with Crippen molar-refractivity contribution in [2.45, 2.75) is 13.2 Å². The van der Waals surface area contributed by atoms with E-state index in [-0.39, 0.29) is 0 Å². The molecule has 5 nitrogen and oxygen atoms in total. The van der Waals surface area contributed by atoms with Crippen molar-refractivity contribution < 1.29 is 14.0 Å². The van der Waals surface area contributed by atoms with Gasteiger partial charge in [-0.25, -0.2) is 0 Å². The van der Waals surface area contributed by atoms with Crippen LogP contribution in [0.25, 0.3) is 0 Å². The molecular formula is C14H17BrN2O3. The summed E-state index contributed by atoms with van der Waals surface area (Å²) in [6.07, 6.45) is 1.60. The maximum atomic E-state index is 5.66. The fourth-order valence-corrected chi connectivity index (χ4v) is 2.18. The molecule has 108 valence electrons. The van der Waals surface area contributed by atoms with E-state index < -0.39 is 0 Å². The van der Waals surface area contributed by atoms with E-state index in [1.165, 1.54) is 5.56 Å². The zero-order valence-electron chi connectivity index (χ0n) is 11.3. The first-order chi connectivity index (χ1) is 9.79. The van der Waals surface area contributed by atoms with Gasteiger partial charge in [0.2, 0.25) is 0 Å². The highest BCUT2D eigenvalue weighted by Gasteiger charge is 2.05. The van der Waals surface area contributed by atoms with Gasteiger partial charge >= 0.3 is 0 Å². The first kappa shape index (κ1) is 15.0. The summed E-state index contributed by atoms with van der Waals surface area (Å²) < 4.78 is 16.5. The van der Waals surface area contributed by atoms with Gasteiger partial charge in [0.05, 0.1) is 17.3 Å². The predicted octanol–water partition coefficient (Wildman–Crippen LogP) is 2.75. The molecule has 0 unspecified atom stereocenters. The minimum absolute atomic E-state index is 0.365. The van der Waals surface area contributed by atoms with Crippen molar-refractivity contribution >= 4 is 15.9 Å². The zero-order chi connectivity index (χ0) is 14.2. The van der Waals surface area contributed by atoms with Crippen molar-refractivity contribution in [2.24, 2.45) is 0 Å². The van der Waals surface area contributed by atoms with Crippen LogP contribution in [0.3, 0.4) is 0 Å². The van der Waals surface area contributed by atoms with E-state index in [0.717, 1.165) is 23.3 Å².